The van der Waals surface area contributed by atoms with E-state index in [-0.39, 0.29) is 0 Å². The molecule has 1 saturated heterocycles. The number of hydrogen-bond acceptors (Lipinski definition) is 4. The zero-order valence-corrected chi connectivity index (χ0v) is 15.8. The first-order valence-corrected chi connectivity index (χ1v) is 9.98. The molecule has 0 atom stereocenters. The van der Waals surface area contributed by atoms with Gasteiger partial charge >= 0.3 is 0 Å². The normalized spacial score (nSPS) is 19.7. The zero-order chi connectivity index (χ0) is 17.5. The molecular formula is C18H33N7. The molecule has 0 unspecified atom stereocenters. The zero-order valence-electron chi connectivity index (χ0n) is 15.8. The van der Waals surface area contributed by atoms with Crippen molar-refractivity contribution in [3.8, 4) is 0 Å². The molecule has 0 bridgehead atoms. The molecular weight excluding hydrogens is 314 g/mol. The Balaban J connectivity index is 1.55. The number of guanidine groups is 1. The number of fused-ring (bicyclic) bond motifs is 1. The summed E-state index contributed by atoms with van der Waals surface area (Å²) in [6.45, 7) is 10.5. The first-order chi connectivity index (χ1) is 12.3. The fraction of sp³-hybridized carbons (Fsp3) is 0.833. The number of nitrogens with one attached hydrogen (secondary N) is 2. The average Bonchev–Trinajstić information content (AvgIpc) is 3.05. The van der Waals surface area contributed by atoms with Crippen LogP contribution in [0.4, 0.5) is 0 Å². The Labute approximate surface area is 151 Å². The van der Waals surface area contributed by atoms with Gasteiger partial charge in [-0.3, -0.25) is 0 Å². The van der Waals surface area contributed by atoms with Gasteiger partial charge in [-0.15, -0.1) is 10.2 Å². The molecule has 2 N–H and O–H groups in total. The van der Waals surface area contributed by atoms with Gasteiger partial charge in [0.1, 0.15) is 12.4 Å². The number of nitrogens with zero attached hydrogens (tertiary/aromatic N) is 5. The summed E-state index contributed by atoms with van der Waals surface area (Å²) in [5, 5.41) is 15.7. The van der Waals surface area contributed by atoms with Gasteiger partial charge in [0.2, 0.25) is 0 Å². The number of aromatic nitrogens is 3. The highest BCUT2D eigenvalue weighted by molar-refractivity contribution is 5.80. The van der Waals surface area contributed by atoms with Crippen molar-refractivity contribution in [3.05, 3.63) is 11.6 Å². The number of piperidine rings is 1. The molecule has 0 aromatic carbocycles. The molecule has 0 aliphatic carbocycles. The summed E-state index contributed by atoms with van der Waals surface area (Å²) in [4.78, 5) is 7.33. The molecule has 0 spiro atoms. The van der Waals surface area contributed by atoms with Crippen molar-refractivity contribution in [3.63, 3.8) is 0 Å². The van der Waals surface area contributed by atoms with E-state index in [0.717, 1.165) is 37.1 Å². The Morgan fingerprint density at radius 1 is 1.16 bits per heavy atom. The molecule has 3 heterocycles. The van der Waals surface area contributed by atoms with Crippen LogP contribution in [0, 0.1) is 0 Å². The van der Waals surface area contributed by atoms with Gasteiger partial charge in [-0.1, -0.05) is 6.92 Å². The first kappa shape index (κ1) is 18.2. The third-order valence-corrected chi connectivity index (χ3v) is 5.13. The number of rotatable bonds is 6. The van der Waals surface area contributed by atoms with Crippen LogP contribution >= 0.6 is 0 Å². The minimum Gasteiger partial charge on any atom is -0.357 e. The minimum atomic E-state index is 0.512. The number of aliphatic imine (C=N–C) groups is 1. The predicted molar refractivity (Wildman–Crippen MR) is 101 cm³/mol. The van der Waals surface area contributed by atoms with Crippen LogP contribution in [0.1, 0.15) is 57.6 Å². The van der Waals surface area contributed by atoms with Crippen molar-refractivity contribution in [2.45, 2.75) is 71.5 Å². The lowest BCUT2D eigenvalue weighted by atomic mass is 10.1. The van der Waals surface area contributed by atoms with Crippen molar-refractivity contribution >= 4 is 5.96 Å². The molecule has 0 saturated carbocycles. The van der Waals surface area contributed by atoms with E-state index in [9.17, 15) is 0 Å². The molecule has 0 amide bonds. The lowest BCUT2D eigenvalue weighted by molar-refractivity contribution is 0.206. The van der Waals surface area contributed by atoms with E-state index in [2.05, 4.69) is 44.1 Å². The minimum absolute atomic E-state index is 0.512. The molecule has 1 fully saturated rings. The number of hydrogen-bond donors (Lipinski definition) is 2. The van der Waals surface area contributed by atoms with Crippen molar-refractivity contribution in [1.29, 1.82) is 0 Å². The molecule has 7 nitrogen and oxygen atoms in total. The van der Waals surface area contributed by atoms with Crippen LogP contribution < -0.4 is 10.6 Å². The first-order valence-electron chi connectivity index (χ1n) is 9.98. The maximum atomic E-state index is 4.77. The van der Waals surface area contributed by atoms with Gasteiger partial charge in [0, 0.05) is 38.6 Å². The molecule has 3 rings (SSSR count). The smallest absolute Gasteiger partial charge is 0.191 e. The molecule has 140 valence electrons. The molecule has 1 aromatic rings. The van der Waals surface area contributed by atoms with Crippen LogP contribution in [0.15, 0.2) is 4.99 Å². The highest BCUT2D eigenvalue weighted by Gasteiger charge is 2.20. The lowest BCUT2D eigenvalue weighted by Crippen LogP contribution is -2.48. The van der Waals surface area contributed by atoms with E-state index in [4.69, 9.17) is 4.99 Å². The fourth-order valence-electron chi connectivity index (χ4n) is 3.77. The molecule has 25 heavy (non-hydrogen) atoms. The maximum Gasteiger partial charge on any atom is 0.191 e. The van der Waals surface area contributed by atoms with Gasteiger partial charge in [0.05, 0.1) is 0 Å². The van der Waals surface area contributed by atoms with Gasteiger partial charge in [-0.05, 0) is 45.6 Å². The summed E-state index contributed by atoms with van der Waals surface area (Å²) in [6, 6.07) is 0.512. The van der Waals surface area contributed by atoms with Crippen molar-refractivity contribution in [2.24, 2.45) is 4.99 Å². The monoisotopic (exact) mass is 347 g/mol. The SMILES string of the molecule is CCCN1CCC(NC(=NCc2nnc3n2CCCC3)NCC)CC1. The summed E-state index contributed by atoms with van der Waals surface area (Å²) in [6.07, 6.45) is 7.10. The van der Waals surface area contributed by atoms with Gasteiger partial charge in [0.25, 0.3) is 0 Å². The van der Waals surface area contributed by atoms with Crippen LogP contribution in [0.3, 0.4) is 0 Å². The lowest BCUT2D eigenvalue weighted by Gasteiger charge is -2.32. The summed E-state index contributed by atoms with van der Waals surface area (Å²) in [5.74, 6) is 3.02. The van der Waals surface area contributed by atoms with E-state index in [1.165, 1.54) is 51.7 Å². The summed E-state index contributed by atoms with van der Waals surface area (Å²) < 4.78 is 2.25. The number of likely N-dealkylation sites (tertiary alicyclic amines) is 1. The average molecular weight is 348 g/mol. The van der Waals surface area contributed by atoms with E-state index in [1.807, 2.05) is 0 Å². The Morgan fingerprint density at radius 3 is 2.76 bits per heavy atom. The Bertz CT molecular complexity index is 558. The highest BCUT2D eigenvalue weighted by atomic mass is 15.3. The van der Waals surface area contributed by atoms with Gasteiger partial charge < -0.3 is 20.1 Å². The second-order valence-electron chi connectivity index (χ2n) is 7.10. The Morgan fingerprint density at radius 2 is 2.00 bits per heavy atom. The second kappa shape index (κ2) is 9.17. The standard InChI is InChI=1S/C18H33N7/c1-3-10-24-12-8-15(9-13-24)21-18(19-4-2)20-14-17-23-22-16-7-5-6-11-25(16)17/h15H,3-14H2,1-2H3,(H2,19,20,21). The molecule has 2 aliphatic heterocycles. The van der Waals surface area contributed by atoms with Crippen molar-refractivity contribution in [1.82, 2.24) is 30.3 Å². The molecule has 0 radical (unpaired) electrons. The van der Waals surface area contributed by atoms with E-state index in [0.29, 0.717) is 12.6 Å². The Hall–Kier alpha value is -1.63. The van der Waals surface area contributed by atoms with Crippen LogP contribution in [0.25, 0.3) is 0 Å². The van der Waals surface area contributed by atoms with Gasteiger partial charge in [-0.2, -0.15) is 0 Å². The summed E-state index contributed by atoms with van der Waals surface area (Å²) in [7, 11) is 0. The highest BCUT2D eigenvalue weighted by Crippen LogP contribution is 2.15. The molecule has 7 heteroatoms. The van der Waals surface area contributed by atoms with Crippen molar-refractivity contribution < 1.29 is 0 Å². The van der Waals surface area contributed by atoms with Crippen LogP contribution in [0.5, 0.6) is 0 Å². The van der Waals surface area contributed by atoms with Gasteiger partial charge in [-0.25, -0.2) is 4.99 Å². The third kappa shape index (κ3) is 4.93. The number of aryl methyl sites for hydroxylation is 1. The summed E-state index contributed by atoms with van der Waals surface area (Å²) in [5.41, 5.74) is 0. The fourth-order valence-corrected chi connectivity index (χ4v) is 3.77. The van der Waals surface area contributed by atoms with Gasteiger partial charge in [0.15, 0.2) is 11.8 Å². The van der Waals surface area contributed by atoms with Crippen LogP contribution in [-0.4, -0.2) is 57.8 Å². The predicted octanol–water partition coefficient (Wildman–Crippen LogP) is 1.54. The topological polar surface area (TPSA) is 70.4 Å². The van der Waals surface area contributed by atoms with Crippen LogP contribution in [-0.2, 0) is 19.5 Å². The van der Waals surface area contributed by atoms with E-state index in [1.54, 1.807) is 0 Å². The van der Waals surface area contributed by atoms with Crippen LogP contribution in [0.2, 0.25) is 0 Å². The second-order valence-corrected chi connectivity index (χ2v) is 7.10. The largest absolute Gasteiger partial charge is 0.357 e. The van der Waals surface area contributed by atoms with Crippen molar-refractivity contribution in [2.75, 3.05) is 26.2 Å². The van der Waals surface area contributed by atoms with E-state index < -0.39 is 0 Å². The maximum absolute atomic E-state index is 4.77. The molecule has 1 aromatic heterocycles. The Kier molecular flexibility index (Phi) is 6.67. The van der Waals surface area contributed by atoms with E-state index >= 15 is 0 Å². The third-order valence-electron chi connectivity index (χ3n) is 5.13. The molecule has 2 aliphatic rings. The summed E-state index contributed by atoms with van der Waals surface area (Å²) >= 11 is 0. The quantitative estimate of drug-likeness (QED) is 0.603.